The predicted octanol–water partition coefficient (Wildman–Crippen LogP) is -0.340. The third-order valence-electron chi connectivity index (χ3n) is 2.08. The number of hydrogen-bond donors (Lipinski definition) is 3. The number of aromatic amines is 1. The van der Waals surface area contributed by atoms with E-state index in [9.17, 15) is 4.79 Å². The summed E-state index contributed by atoms with van der Waals surface area (Å²) in [6, 6.07) is 6.72. The molecule has 0 bridgehead atoms. The van der Waals surface area contributed by atoms with Crippen LogP contribution >= 0.6 is 0 Å². The number of carbonyl (C=O) groups is 1. The summed E-state index contributed by atoms with van der Waals surface area (Å²) in [5.74, 6) is 0. The first-order valence-electron chi connectivity index (χ1n) is 4.14. The van der Waals surface area contributed by atoms with E-state index in [1.165, 1.54) is 0 Å². The first kappa shape index (κ1) is 8.99. The summed E-state index contributed by atoms with van der Waals surface area (Å²) >= 11 is 0. The molecule has 14 heavy (non-hydrogen) atoms. The van der Waals surface area contributed by atoms with E-state index >= 15 is 0 Å². The van der Waals surface area contributed by atoms with Crippen molar-refractivity contribution in [2.45, 2.75) is 0 Å². The normalized spacial score (nSPS) is 10.4. The van der Waals surface area contributed by atoms with E-state index < -0.39 is 7.12 Å². The van der Waals surface area contributed by atoms with Crippen molar-refractivity contribution in [3.05, 3.63) is 29.8 Å². The minimum atomic E-state index is -1.51. The minimum absolute atomic E-state index is 0.322. The second kappa shape index (κ2) is 3.28. The fraction of sp³-hybridized carbons (Fsp3) is 0. The number of benzene rings is 1. The van der Waals surface area contributed by atoms with Gasteiger partial charge in [0.25, 0.3) is 0 Å². The number of aromatic nitrogens is 1. The molecule has 4 nitrogen and oxygen atoms in total. The number of aldehydes is 1. The van der Waals surface area contributed by atoms with Gasteiger partial charge in [-0.3, -0.25) is 4.79 Å². The molecule has 70 valence electrons. The fourth-order valence-corrected chi connectivity index (χ4v) is 1.38. The van der Waals surface area contributed by atoms with Gasteiger partial charge in [0.05, 0.1) is 0 Å². The first-order chi connectivity index (χ1) is 6.70. The average molecular weight is 189 g/mol. The molecule has 1 heterocycles. The Hall–Kier alpha value is -1.59. The number of carbonyl (C=O) groups excluding carboxylic acids is 1. The van der Waals surface area contributed by atoms with E-state index in [0.29, 0.717) is 11.2 Å². The maximum atomic E-state index is 10.5. The van der Waals surface area contributed by atoms with Crippen LogP contribution in [0.15, 0.2) is 24.3 Å². The van der Waals surface area contributed by atoms with E-state index in [2.05, 4.69) is 4.98 Å². The zero-order chi connectivity index (χ0) is 10.1. The molecule has 0 amide bonds. The van der Waals surface area contributed by atoms with Crippen LogP contribution in [0, 0.1) is 0 Å². The standard InChI is InChI=1S/C9H8BNO3/c12-5-6-1-2-7-4-9(10(13)14)11-8(7)3-6/h1-5,11,13-14H. The molecule has 0 spiro atoms. The zero-order valence-corrected chi connectivity index (χ0v) is 7.27. The molecule has 1 aromatic carbocycles. The molecule has 0 saturated heterocycles. The maximum Gasteiger partial charge on any atom is 0.505 e. The molecule has 0 saturated carbocycles. The lowest BCUT2D eigenvalue weighted by atomic mass is 9.86. The molecular formula is C9H8BNO3. The molecule has 1 aromatic heterocycles. The minimum Gasteiger partial charge on any atom is -0.422 e. The topological polar surface area (TPSA) is 73.3 Å². The molecule has 0 aliphatic rings. The van der Waals surface area contributed by atoms with Crippen molar-refractivity contribution >= 4 is 29.9 Å². The van der Waals surface area contributed by atoms with Crippen LogP contribution in [0.25, 0.3) is 10.9 Å². The summed E-state index contributed by atoms with van der Waals surface area (Å²) in [6.45, 7) is 0. The van der Waals surface area contributed by atoms with Gasteiger partial charge in [-0.05, 0) is 17.5 Å². The summed E-state index contributed by atoms with van der Waals surface area (Å²) in [7, 11) is -1.51. The number of nitrogens with one attached hydrogen (secondary N) is 1. The van der Waals surface area contributed by atoms with Gasteiger partial charge >= 0.3 is 7.12 Å². The summed E-state index contributed by atoms with van der Waals surface area (Å²) in [5.41, 5.74) is 1.60. The molecule has 0 radical (unpaired) electrons. The highest BCUT2D eigenvalue weighted by atomic mass is 16.4. The van der Waals surface area contributed by atoms with E-state index in [-0.39, 0.29) is 0 Å². The van der Waals surface area contributed by atoms with Crippen LogP contribution in [0.1, 0.15) is 10.4 Å². The van der Waals surface area contributed by atoms with Crippen LogP contribution in [0.4, 0.5) is 0 Å². The van der Waals surface area contributed by atoms with E-state index in [1.54, 1.807) is 24.3 Å². The Morgan fingerprint density at radius 1 is 1.29 bits per heavy atom. The highest BCUT2D eigenvalue weighted by molar-refractivity contribution is 6.58. The average Bonchev–Trinajstić information content (AvgIpc) is 2.59. The van der Waals surface area contributed by atoms with Gasteiger partial charge < -0.3 is 15.0 Å². The van der Waals surface area contributed by atoms with Crippen LogP contribution in [0.3, 0.4) is 0 Å². The van der Waals surface area contributed by atoms with E-state index in [0.717, 1.165) is 17.2 Å². The lowest BCUT2D eigenvalue weighted by Crippen LogP contribution is -2.30. The smallest absolute Gasteiger partial charge is 0.422 e. The van der Waals surface area contributed by atoms with Crippen molar-refractivity contribution in [2.24, 2.45) is 0 Å². The van der Waals surface area contributed by atoms with Crippen molar-refractivity contribution in [1.82, 2.24) is 4.98 Å². The molecule has 0 unspecified atom stereocenters. The Morgan fingerprint density at radius 2 is 2.07 bits per heavy atom. The predicted molar refractivity (Wildman–Crippen MR) is 53.5 cm³/mol. The summed E-state index contributed by atoms with van der Waals surface area (Å²) in [5, 5.41) is 18.7. The molecule has 0 atom stereocenters. The molecular weight excluding hydrogens is 181 g/mol. The van der Waals surface area contributed by atoms with Crippen molar-refractivity contribution in [3.8, 4) is 0 Å². The molecule has 3 N–H and O–H groups in total. The fourth-order valence-electron chi connectivity index (χ4n) is 1.38. The van der Waals surface area contributed by atoms with Crippen LogP contribution < -0.4 is 5.59 Å². The SMILES string of the molecule is O=Cc1ccc2cc(B(O)O)[nH]c2c1. The lowest BCUT2D eigenvalue weighted by molar-refractivity contribution is 0.112. The highest BCUT2D eigenvalue weighted by Gasteiger charge is 2.13. The van der Waals surface area contributed by atoms with Crippen LogP contribution in [0.2, 0.25) is 0 Å². The van der Waals surface area contributed by atoms with Crippen molar-refractivity contribution in [2.75, 3.05) is 0 Å². The highest BCUT2D eigenvalue weighted by Crippen LogP contribution is 2.12. The quantitative estimate of drug-likeness (QED) is 0.446. The van der Waals surface area contributed by atoms with Crippen LogP contribution in [-0.4, -0.2) is 28.4 Å². The number of H-pyrrole nitrogens is 1. The largest absolute Gasteiger partial charge is 0.505 e. The third-order valence-corrected chi connectivity index (χ3v) is 2.08. The Labute approximate surface area is 80.3 Å². The molecule has 2 rings (SSSR count). The van der Waals surface area contributed by atoms with Crippen molar-refractivity contribution < 1.29 is 14.8 Å². The van der Waals surface area contributed by atoms with Gasteiger partial charge in [0.15, 0.2) is 0 Å². The summed E-state index contributed by atoms with van der Waals surface area (Å²) in [6.07, 6.45) is 0.745. The Morgan fingerprint density at radius 3 is 2.71 bits per heavy atom. The van der Waals surface area contributed by atoms with Crippen LogP contribution in [-0.2, 0) is 0 Å². The second-order valence-corrected chi connectivity index (χ2v) is 3.06. The monoisotopic (exact) mass is 189 g/mol. The van der Waals surface area contributed by atoms with Gasteiger partial charge in [-0.25, -0.2) is 0 Å². The number of rotatable bonds is 2. The summed E-state index contributed by atoms with van der Waals surface area (Å²) in [4.78, 5) is 13.3. The van der Waals surface area contributed by atoms with Gasteiger partial charge in [-0.15, -0.1) is 0 Å². The second-order valence-electron chi connectivity index (χ2n) is 3.06. The summed E-state index contributed by atoms with van der Waals surface area (Å²) < 4.78 is 0. The van der Waals surface area contributed by atoms with Crippen LogP contribution in [0.5, 0.6) is 0 Å². The van der Waals surface area contributed by atoms with Gasteiger partial charge in [0, 0.05) is 16.7 Å². The first-order valence-corrected chi connectivity index (χ1v) is 4.14. The van der Waals surface area contributed by atoms with Crippen molar-refractivity contribution in [3.63, 3.8) is 0 Å². The number of hydrogen-bond acceptors (Lipinski definition) is 3. The van der Waals surface area contributed by atoms with Gasteiger partial charge in [-0.2, -0.15) is 0 Å². The van der Waals surface area contributed by atoms with Gasteiger partial charge in [0.1, 0.15) is 6.29 Å². The molecule has 0 aliphatic carbocycles. The van der Waals surface area contributed by atoms with E-state index in [1.807, 2.05) is 0 Å². The molecule has 0 aliphatic heterocycles. The van der Waals surface area contributed by atoms with E-state index in [4.69, 9.17) is 10.0 Å². The molecule has 0 fully saturated rings. The zero-order valence-electron chi connectivity index (χ0n) is 7.27. The lowest BCUT2D eigenvalue weighted by Gasteiger charge is -1.91. The molecule has 5 heteroatoms. The van der Waals surface area contributed by atoms with Crippen molar-refractivity contribution in [1.29, 1.82) is 0 Å². The maximum absolute atomic E-state index is 10.5. The molecule has 2 aromatic rings. The Kier molecular flexibility index (Phi) is 2.11. The van der Waals surface area contributed by atoms with Gasteiger partial charge in [0.2, 0.25) is 0 Å². The Balaban J connectivity index is 2.59. The van der Waals surface area contributed by atoms with Gasteiger partial charge in [-0.1, -0.05) is 12.1 Å². The number of fused-ring (bicyclic) bond motifs is 1. The Bertz CT molecular complexity index is 478. The third kappa shape index (κ3) is 1.43.